The lowest BCUT2D eigenvalue weighted by atomic mass is 10.2. The number of H-pyrrole nitrogens is 1. The maximum Gasteiger partial charge on any atom is 0.280 e. The normalized spacial score (nSPS) is 21.4. The maximum atomic E-state index is 12.8. The Morgan fingerprint density at radius 3 is 2.29 bits per heavy atom. The topological polar surface area (TPSA) is 107 Å². The zero-order chi connectivity index (χ0) is 30.1. The second-order valence-corrected chi connectivity index (χ2v) is 17.3. The largest absolute Gasteiger partial charge is 0.405 e. The summed E-state index contributed by atoms with van der Waals surface area (Å²) in [6, 6.07) is 21.1. The van der Waals surface area contributed by atoms with Crippen LogP contribution in [0.2, 0.25) is 5.04 Å². The van der Waals surface area contributed by atoms with Crippen LogP contribution < -0.4 is 15.9 Å². The highest BCUT2D eigenvalue weighted by Gasteiger charge is 2.52. The minimum Gasteiger partial charge on any atom is -0.405 e. The van der Waals surface area contributed by atoms with Crippen molar-refractivity contribution < 1.29 is 13.9 Å². The van der Waals surface area contributed by atoms with E-state index in [0.29, 0.717) is 12.3 Å². The summed E-state index contributed by atoms with van der Waals surface area (Å²) in [7, 11) is 2.59. The molecule has 0 bridgehead atoms. The monoisotopic (exact) mass is 700 g/mol. The molecular weight excluding hydrogens is 663 g/mol. The Bertz CT molecular complexity index is 1550. The van der Waals surface area contributed by atoms with Crippen LogP contribution in [0.4, 0.5) is 5.95 Å². The van der Waals surface area contributed by atoms with Gasteiger partial charge in [-0.25, -0.2) is 9.98 Å². The van der Waals surface area contributed by atoms with E-state index in [1.54, 1.807) is 29.2 Å². The number of nitrogens with one attached hydrogen (secondary N) is 1. The number of aliphatic imine (C=N–C) groups is 1. The average molecular weight is 701 g/mol. The van der Waals surface area contributed by atoms with Gasteiger partial charge in [-0.15, -0.1) is 0 Å². The molecule has 42 heavy (non-hydrogen) atoms. The van der Waals surface area contributed by atoms with Crippen LogP contribution in [0.1, 0.15) is 27.0 Å². The minimum absolute atomic E-state index is 0.0403. The van der Waals surface area contributed by atoms with Crippen LogP contribution >= 0.6 is 22.6 Å². The fraction of sp³-hybridized carbons (Fsp3) is 0.400. The first-order valence-electron chi connectivity index (χ1n) is 13.8. The Morgan fingerprint density at radius 1 is 1.12 bits per heavy atom. The number of aromatic amines is 1. The molecule has 2 aromatic heterocycles. The number of hydrogen-bond donors (Lipinski definition) is 1. The summed E-state index contributed by atoms with van der Waals surface area (Å²) in [4.78, 5) is 30.4. The highest BCUT2D eigenvalue weighted by molar-refractivity contribution is 14.1. The van der Waals surface area contributed by atoms with Gasteiger partial charge in [-0.1, -0.05) is 104 Å². The SMILES string of the molecule is CO[C@@H]1[C@H](I)[C@@H](CO[Si](c2ccccc2)(c2ccccc2)C(C)(C)C)O[C@H]1n1cnc2c(=O)[nH]c(N=CN(C)C)nc21. The molecule has 0 aliphatic carbocycles. The number of alkyl halides is 1. The molecule has 4 atom stereocenters. The molecule has 0 amide bonds. The summed E-state index contributed by atoms with van der Waals surface area (Å²) in [5, 5.41) is 2.26. The van der Waals surface area contributed by atoms with Crippen molar-refractivity contribution in [1.29, 1.82) is 0 Å². The molecule has 1 saturated heterocycles. The average Bonchev–Trinajstić information content (AvgIpc) is 3.53. The van der Waals surface area contributed by atoms with Gasteiger partial charge in [-0.2, -0.15) is 4.98 Å². The Hall–Kier alpha value is -2.91. The zero-order valence-corrected chi connectivity index (χ0v) is 27.8. The van der Waals surface area contributed by atoms with E-state index in [1.165, 1.54) is 10.4 Å². The number of methoxy groups -OCH3 is 1. The number of rotatable bonds is 9. The van der Waals surface area contributed by atoms with Gasteiger partial charge < -0.3 is 18.8 Å². The fourth-order valence-corrected chi connectivity index (χ4v) is 11.2. The lowest BCUT2D eigenvalue weighted by Gasteiger charge is -2.43. The Balaban J connectivity index is 1.50. The maximum absolute atomic E-state index is 12.8. The Morgan fingerprint density at radius 2 is 1.74 bits per heavy atom. The van der Waals surface area contributed by atoms with Gasteiger partial charge in [0.1, 0.15) is 6.10 Å². The van der Waals surface area contributed by atoms with Crippen molar-refractivity contribution in [3.8, 4) is 0 Å². The van der Waals surface area contributed by atoms with Crippen molar-refractivity contribution in [3.05, 3.63) is 77.3 Å². The van der Waals surface area contributed by atoms with Crippen molar-refractivity contribution in [2.24, 2.45) is 4.99 Å². The number of imidazole rings is 1. The number of benzene rings is 2. The fourth-order valence-electron chi connectivity index (χ4n) is 5.60. The highest BCUT2D eigenvalue weighted by atomic mass is 127. The van der Waals surface area contributed by atoms with Gasteiger partial charge in [-0.3, -0.25) is 14.3 Å². The molecular formula is C30H37IN6O4Si. The molecule has 1 aliphatic heterocycles. The molecule has 0 unspecified atom stereocenters. The summed E-state index contributed by atoms with van der Waals surface area (Å²) in [5.74, 6) is 0.188. The first-order chi connectivity index (χ1) is 20.1. The standard InChI is InChI=1S/C30H37IN6O4Si/c1-30(2,3)42(20-13-9-7-10-14-20,21-15-11-8-12-16-21)40-17-22-23(31)25(39-6)28(41-22)37-19-32-24-26(37)34-29(35-27(24)38)33-18-36(4)5/h7-16,18-19,22-23,25,28H,17H2,1-6H3,(H,34,35,38)/t22-,23-,25-,28-/m1/s1. The number of nitrogens with zero attached hydrogens (tertiary/aromatic N) is 5. The Labute approximate surface area is 260 Å². The summed E-state index contributed by atoms with van der Waals surface area (Å²) >= 11 is 2.39. The van der Waals surface area contributed by atoms with Crippen molar-refractivity contribution in [1.82, 2.24) is 24.4 Å². The van der Waals surface area contributed by atoms with Gasteiger partial charge in [0.15, 0.2) is 17.4 Å². The predicted molar refractivity (Wildman–Crippen MR) is 176 cm³/mol. The van der Waals surface area contributed by atoms with E-state index in [1.807, 2.05) is 26.2 Å². The molecule has 0 spiro atoms. The van der Waals surface area contributed by atoms with Gasteiger partial charge in [0.05, 0.1) is 29.3 Å². The molecule has 0 radical (unpaired) electrons. The van der Waals surface area contributed by atoms with Crippen molar-refractivity contribution >= 4 is 64.7 Å². The predicted octanol–water partition coefficient (Wildman–Crippen LogP) is 3.63. The summed E-state index contributed by atoms with van der Waals surface area (Å²) in [6.45, 7) is 7.15. The van der Waals surface area contributed by atoms with Crippen molar-refractivity contribution in [2.45, 2.75) is 48.2 Å². The molecule has 0 saturated carbocycles. The van der Waals surface area contributed by atoms with E-state index in [-0.39, 0.29) is 38.2 Å². The van der Waals surface area contributed by atoms with Crippen LogP contribution in [-0.4, -0.2) is 83.0 Å². The third-order valence-electron chi connectivity index (χ3n) is 7.52. The van der Waals surface area contributed by atoms with Crippen LogP contribution in [0.15, 0.2) is 76.8 Å². The second kappa shape index (κ2) is 12.4. The van der Waals surface area contributed by atoms with Crippen LogP contribution in [0, 0.1) is 0 Å². The summed E-state index contributed by atoms with van der Waals surface area (Å²) < 4.78 is 21.6. The number of ether oxygens (including phenoxy) is 2. The molecule has 1 aliphatic rings. The first-order valence-corrected chi connectivity index (χ1v) is 17.0. The molecule has 222 valence electrons. The molecule has 1 N–H and O–H groups in total. The number of fused-ring (bicyclic) bond motifs is 1. The summed E-state index contributed by atoms with van der Waals surface area (Å²) in [6.07, 6.45) is 1.99. The minimum atomic E-state index is -2.76. The van der Waals surface area contributed by atoms with Crippen LogP contribution in [0.25, 0.3) is 11.2 Å². The number of halogens is 1. The van der Waals surface area contributed by atoms with E-state index in [0.717, 1.165) is 0 Å². The van der Waals surface area contributed by atoms with E-state index in [9.17, 15) is 4.79 Å². The highest BCUT2D eigenvalue weighted by Crippen LogP contribution is 2.40. The quantitative estimate of drug-likeness (QED) is 0.0935. The third-order valence-corrected chi connectivity index (χ3v) is 14.0. The van der Waals surface area contributed by atoms with Gasteiger partial charge in [0.2, 0.25) is 5.95 Å². The number of aromatic nitrogens is 4. The van der Waals surface area contributed by atoms with E-state index >= 15 is 0 Å². The van der Waals surface area contributed by atoms with Gasteiger partial charge in [0.25, 0.3) is 13.9 Å². The summed E-state index contributed by atoms with van der Waals surface area (Å²) in [5.41, 5.74) is 0.234. The molecule has 1 fully saturated rings. The zero-order valence-electron chi connectivity index (χ0n) is 24.7. The van der Waals surface area contributed by atoms with Crippen LogP contribution in [0.5, 0.6) is 0 Å². The molecule has 5 rings (SSSR count). The molecule has 3 heterocycles. The van der Waals surface area contributed by atoms with Crippen molar-refractivity contribution in [3.63, 3.8) is 0 Å². The molecule has 10 nitrogen and oxygen atoms in total. The van der Waals surface area contributed by atoms with Crippen LogP contribution in [0.3, 0.4) is 0 Å². The first kappa shape index (κ1) is 30.5. The smallest absolute Gasteiger partial charge is 0.280 e. The van der Waals surface area contributed by atoms with Gasteiger partial charge in [0, 0.05) is 21.2 Å². The Kier molecular flexibility index (Phi) is 8.99. The van der Waals surface area contributed by atoms with Crippen LogP contribution in [-0.2, 0) is 13.9 Å². The van der Waals surface area contributed by atoms with Gasteiger partial charge in [-0.05, 0) is 15.4 Å². The third kappa shape index (κ3) is 5.70. The van der Waals surface area contributed by atoms with E-state index in [4.69, 9.17) is 13.9 Å². The second-order valence-electron chi connectivity index (χ2n) is 11.6. The van der Waals surface area contributed by atoms with E-state index in [2.05, 4.69) is 112 Å². The molecule has 2 aromatic carbocycles. The number of hydrogen-bond acceptors (Lipinski definition) is 7. The van der Waals surface area contributed by atoms with Crippen molar-refractivity contribution in [2.75, 3.05) is 27.8 Å². The van der Waals surface area contributed by atoms with E-state index < -0.39 is 14.5 Å². The molecule has 4 aromatic rings. The molecule has 12 heteroatoms. The van der Waals surface area contributed by atoms with Gasteiger partial charge >= 0.3 is 0 Å². The lowest BCUT2D eigenvalue weighted by Crippen LogP contribution is -2.67. The lowest BCUT2D eigenvalue weighted by molar-refractivity contribution is -0.0567.